The van der Waals surface area contributed by atoms with E-state index in [4.69, 9.17) is 0 Å². The predicted molar refractivity (Wildman–Crippen MR) is 149 cm³/mol. The van der Waals surface area contributed by atoms with Crippen LogP contribution in [-0.4, -0.2) is 11.3 Å². The van der Waals surface area contributed by atoms with Crippen LogP contribution in [0.3, 0.4) is 0 Å². The van der Waals surface area contributed by atoms with Crippen molar-refractivity contribution in [2.75, 3.05) is 0 Å². The molecule has 0 saturated heterocycles. The fourth-order valence-electron chi connectivity index (χ4n) is 4.83. The molecule has 0 aliphatic heterocycles. The van der Waals surface area contributed by atoms with E-state index in [2.05, 4.69) is 28.8 Å². The van der Waals surface area contributed by atoms with Crippen LogP contribution < -0.4 is 4.74 Å². The van der Waals surface area contributed by atoms with Gasteiger partial charge in [-0.05, 0) is 84.4 Å². The Bertz CT molecular complexity index is 1330. The Hall–Kier alpha value is -3.41. The Balaban J connectivity index is 1.30. The number of pyridine rings is 1. The maximum atomic E-state index is 15.2. The lowest BCUT2D eigenvalue weighted by atomic mass is 9.98. The molecular formula is C33H35F4NO. The van der Waals surface area contributed by atoms with Gasteiger partial charge in [0.2, 0.25) is 0 Å². The fraction of sp³-hybridized carbons (Fsp3) is 0.364. The second kappa shape index (κ2) is 13.6. The smallest absolute Gasteiger partial charge is 0.406 e. The second-order valence-electron chi connectivity index (χ2n) is 10.1. The molecule has 4 rings (SSSR count). The molecule has 0 saturated carbocycles. The molecule has 0 spiro atoms. The minimum Gasteiger partial charge on any atom is -0.406 e. The van der Waals surface area contributed by atoms with Crippen LogP contribution in [0.2, 0.25) is 0 Å². The van der Waals surface area contributed by atoms with Gasteiger partial charge in [0.25, 0.3) is 0 Å². The van der Waals surface area contributed by atoms with Crippen LogP contribution in [0.5, 0.6) is 5.75 Å². The van der Waals surface area contributed by atoms with Crippen molar-refractivity contribution in [3.05, 3.63) is 107 Å². The van der Waals surface area contributed by atoms with Gasteiger partial charge in [0.05, 0.1) is 0 Å². The van der Waals surface area contributed by atoms with E-state index in [1.165, 1.54) is 49.8 Å². The van der Waals surface area contributed by atoms with Crippen molar-refractivity contribution >= 4 is 10.8 Å². The highest BCUT2D eigenvalue weighted by molar-refractivity contribution is 5.84. The SMILES string of the molecule is CCCCCCCc1ccc(CCc2ccc3c(F)c(CCc4ccc(OC(F)(F)F)cc4)ccc3c2)nc1. The van der Waals surface area contributed by atoms with Crippen LogP contribution in [0.4, 0.5) is 17.6 Å². The molecule has 0 aliphatic carbocycles. The summed E-state index contributed by atoms with van der Waals surface area (Å²) in [6.07, 6.45) is 7.34. The number of rotatable bonds is 13. The van der Waals surface area contributed by atoms with Gasteiger partial charge >= 0.3 is 6.36 Å². The Morgan fingerprint density at radius 2 is 1.41 bits per heavy atom. The van der Waals surface area contributed by atoms with Gasteiger partial charge in [-0.2, -0.15) is 0 Å². The molecular weight excluding hydrogens is 502 g/mol. The topological polar surface area (TPSA) is 22.1 Å². The van der Waals surface area contributed by atoms with Gasteiger partial charge in [-0.1, -0.05) is 81.1 Å². The number of aryl methyl sites for hydroxylation is 5. The molecule has 0 radical (unpaired) electrons. The number of hydrogen-bond acceptors (Lipinski definition) is 2. The maximum Gasteiger partial charge on any atom is 0.573 e. The summed E-state index contributed by atoms with van der Waals surface area (Å²) in [6.45, 7) is 2.23. The molecule has 0 atom stereocenters. The lowest BCUT2D eigenvalue weighted by molar-refractivity contribution is -0.274. The molecule has 4 aromatic rings. The van der Waals surface area contributed by atoms with E-state index in [-0.39, 0.29) is 11.6 Å². The Kier molecular flexibility index (Phi) is 9.96. The number of nitrogens with zero attached hydrogens (tertiary/aromatic N) is 1. The summed E-state index contributed by atoms with van der Waals surface area (Å²) in [6, 6.07) is 19.6. The molecule has 39 heavy (non-hydrogen) atoms. The molecule has 0 fully saturated rings. The molecule has 0 amide bonds. The number of aromatic nitrogens is 1. The minimum atomic E-state index is -4.72. The molecule has 0 aliphatic rings. The third kappa shape index (κ3) is 8.81. The zero-order valence-corrected chi connectivity index (χ0v) is 22.4. The van der Waals surface area contributed by atoms with Gasteiger partial charge in [0.15, 0.2) is 0 Å². The van der Waals surface area contributed by atoms with Crippen LogP contribution in [-0.2, 0) is 32.1 Å². The zero-order valence-electron chi connectivity index (χ0n) is 22.4. The Labute approximate surface area is 228 Å². The van der Waals surface area contributed by atoms with Crippen LogP contribution in [0.25, 0.3) is 10.8 Å². The maximum absolute atomic E-state index is 15.2. The molecule has 1 heterocycles. The Morgan fingerprint density at radius 1 is 0.692 bits per heavy atom. The molecule has 206 valence electrons. The lowest BCUT2D eigenvalue weighted by Crippen LogP contribution is -2.17. The van der Waals surface area contributed by atoms with Crippen LogP contribution in [0.15, 0.2) is 72.9 Å². The highest BCUT2D eigenvalue weighted by atomic mass is 19.4. The molecule has 0 unspecified atom stereocenters. The van der Waals surface area contributed by atoms with Crippen LogP contribution in [0, 0.1) is 5.82 Å². The molecule has 3 aromatic carbocycles. The van der Waals surface area contributed by atoms with Gasteiger partial charge in [-0.3, -0.25) is 4.98 Å². The van der Waals surface area contributed by atoms with Crippen molar-refractivity contribution in [3.8, 4) is 5.75 Å². The average molecular weight is 538 g/mol. The largest absolute Gasteiger partial charge is 0.573 e. The van der Waals surface area contributed by atoms with E-state index < -0.39 is 6.36 Å². The van der Waals surface area contributed by atoms with E-state index in [0.717, 1.165) is 41.5 Å². The molecule has 1 aromatic heterocycles. The van der Waals surface area contributed by atoms with Crippen molar-refractivity contribution in [2.24, 2.45) is 0 Å². The van der Waals surface area contributed by atoms with Crippen LogP contribution in [0.1, 0.15) is 67.0 Å². The van der Waals surface area contributed by atoms with E-state index in [0.29, 0.717) is 23.8 Å². The highest BCUT2D eigenvalue weighted by Crippen LogP contribution is 2.26. The third-order valence-electron chi connectivity index (χ3n) is 7.06. The predicted octanol–water partition coefficient (Wildman–Crippen LogP) is 9.36. The van der Waals surface area contributed by atoms with Crippen molar-refractivity contribution in [1.82, 2.24) is 4.98 Å². The van der Waals surface area contributed by atoms with Gasteiger partial charge < -0.3 is 4.74 Å². The molecule has 0 bridgehead atoms. The monoisotopic (exact) mass is 537 g/mol. The summed E-state index contributed by atoms with van der Waals surface area (Å²) >= 11 is 0. The third-order valence-corrected chi connectivity index (χ3v) is 7.06. The lowest BCUT2D eigenvalue weighted by Gasteiger charge is -2.10. The number of halogens is 4. The number of hydrogen-bond donors (Lipinski definition) is 0. The highest BCUT2D eigenvalue weighted by Gasteiger charge is 2.30. The number of ether oxygens (including phenoxy) is 1. The number of benzene rings is 3. The summed E-state index contributed by atoms with van der Waals surface area (Å²) in [5, 5.41) is 1.43. The summed E-state index contributed by atoms with van der Waals surface area (Å²) < 4.78 is 56.1. The average Bonchev–Trinajstić information content (AvgIpc) is 2.92. The minimum absolute atomic E-state index is 0.247. The van der Waals surface area contributed by atoms with Gasteiger partial charge in [-0.15, -0.1) is 13.2 Å². The Morgan fingerprint density at radius 3 is 2.13 bits per heavy atom. The number of unbranched alkanes of at least 4 members (excludes halogenated alkanes) is 4. The summed E-state index contributed by atoms with van der Waals surface area (Å²) in [7, 11) is 0. The normalized spacial score (nSPS) is 11.7. The molecule has 2 nitrogen and oxygen atoms in total. The van der Waals surface area contributed by atoms with Crippen molar-refractivity contribution in [1.29, 1.82) is 0 Å². The van der Waals surface area contributed by atoms with E-state index >= 15 is 4.39 Å². The van der Waals surface area contributed by atoms with E-state index in [1.54, 1.807) is 18.2 Å². The van der Waals surface area contributed by atoms with Crippen molar-refractivity contribution in [2.45, 2.75) is 77.5 Å². The number of alkyl halides is 3. The van der Waals surface area contributed by atoms with Gasteiger partial charge in [0, 0.05) is 17.3 Å². The van der Waals surface area contributed by atoms with Crippen molar-refractivity contribution in [3.63, 3.8) is 0 Å². The van der Waals surface area contributed by atoms with E-state index in [1.807, 2.05) is 30.5 Å². The fourth-order valence-corrected chi connectivity index (χ4v) is 4.83. The molecule has 6 heteroatoms. The standard InChI is InChI=1S/C33H35F4NO/c1-2-3-4-5-6-7-26-10-18-29(38-23-26)17-9-25-13-21-31-28(22-25)16-15-27(32(31)34)14-8-24-11-19-30(20-12-24)39-33(35,36)37/h10-13,15-16,18-23H,2-9,14,17H2,1H3. The van der Waals surface area contributed by atoms with Crippen molar-refractivity contribution < 1.29 is 22.3 Å². The summed E-state index contributed by atoms with van der Waals surface area (Å²) in [5.74, 6) is -0.511. The van der Waals surface area contributed by atoms with Crippen LogP contribution >= 0.6 is 0 Å². The first-order chi connectivity index (χ1) is 18.8. The van der Waals surface area contributed by atoms with E-state index in [9.17, 15) is 13.2 Å². The zero-order chi connectivity index (χ0) is 27.7. The first kappa shape index (κ1) is 28.6. The quantitative estimate of drug-likeness (QED) is 0.125. The summed E-state index contributed by atoms with van der Waals surface area (Å²) in [4.78, 5) is 4.65. The first-order valence-corrected chi connectivity index (χ1v) is 13.8. The molecule has 0 N–H and O–H groups in total. The summed E-state index contributed by atoms with van der Waals surface area (Å²) in [5.41, 5.74) is 4.88. The van der Waals surface area contributed by atoms with Gasteiger partial charge in [-0.25, -0.2) is 4.39 Å². The first-order valence-electron chi connectivity index (χ1n) is 13.8. The second-order valence-corrected chi connectivity index (χ2v) is 10.1. The number of fused-ring (bicyclic) bond motifs is 1. The van der Waals surface area contributed by atoms with Gasteiger partial charge in [0.1, 0.15) is 11.6 Å².